The van der Waals surface area contributed by atoms with Crippen molar-refractivity contribution >= 4 is 5.97 Å². The molecule has 15 heavy (non-hydrogen) atoms. The summed E-state index contributed by atoms with van der Waals surface area (Å²) in [6.45, 7) is 2.32. The van der Waals surface area contributed by atoms with E-state index in [0.717, 1.165) is 0 Å². The quantitative estimate of drug-likeness (QED) is 0.774. The van der Waals surface area contributed by atoms with E-state index in [1.807, 2.05) is 6.92 Å². The Morgan fingerprint density at radius 1 is 1.47 bits per heavy atom. The van der Waals surface area contributed by atoms with Gasteiger partial charge in [-0.2, -0.15) is 0 Å². The largest absolute Gasteiger partial charge is 0.493 e. The third kappa shape index (κ3) is 3.25. The maximum atomic E-state index is 10.5. The Morgan fingerprint density at radius 2 is 2.13 bits per heavy atom. The van der Waals surface area contributed by atoms with E-state index in [9.17, 15) is 9.90 Å². The third-order valence-corrected chi connectivity index (χ3v) is 1.95. The summed E-state index contributed by atoms with van der Waals surface area (Å²) in [6, 6.07) is 6.90. The summed E-state index contributed by atoms with van der Waals surface area (Å²) in [7, 11) is 0. The second-order valence-electron chi connectivity index (χ2n) is 3.08. The molecule has 2 N–H and O–H groups in total. The predicted octanol–water partition coefficient (Wildman–Crippen LogP) is 1.59. The zero-order chi connectivity index (χ0) is 11.3. The Kier molecular flexibility index (Phi) is 4.12. The minimum atomic E-state index is -1.03. The minimum absolute atomic E-state index is 0.315. The van der Waals surface area contributed by atoms with E-state index >= 15 is 0 Å². The van der Waals surface area contributed by atoms with E-state index in [-0.39, 0.29) is 6.42 Å². The molecule has 1 rings (SSSR count). The van der Waals surface area contributed by atoms with Crippen LogP contribution in [-0.2, 0) is 4.79 Å². The first-order chi connectivity index (χ1) is 7.15. The molecule has 0 saturated heterocycles. The van der Waals surface area contributed by atoms with Crippen LogP contribution in [0, 0.1) is 0 Å². The molecule has 0 aliphatic heterocycles. The topological polar surface area (TPSA) is 66.8 Å². The number of para-hydroxylation sites is 1. The normalized spacial score (nSPS) is 12.1. The molecule has 0 spiro atoms. The number of hydrogen-bond acceptors (Lipinski definition) is 3. The van der Waals surface area contributed by atoms with Crippen molar-refractivity contribution in [2.75, 3.05) is 6.61 Å². The molecule has 0 amide bonds. The zero-order valence-electron chi connectivity index (χ0n) is 8.51. The Morgan fingerprint density at radius 3 is 2.73 bits per heavy atom. The van der Waals surface area contributed by atoms with E-state index in [2.05, 4.69) is 0 Å². The summed E-state index contributed by atoms with van der Waals surface area (Å²) in [6.07, 6.45) is -1.34. The van der Waals surface area contributed by atoms with Crippen LogP contribution in [0.15, 0.2) is 24.3 Å². The van der Waals surface area contributed by atoms with E-state index in [1.54, 1.807) is 24.3 Å². The molecule has 0 aromatic heterocycles. The van der Waals surface area contributed by atoms with Gasteiger partial charge >= 0.3 is 5.97 Å². The molecule has 1 atom stereocenters. The predicted molar refractivity (Wildman–Crippen MR) is 54.8 cm³/mol. The summed E-state index contributed by atoms with van der Waals surface area (Å²) < 4.78 is 5.29. The van der Waals surface area contributed by atoms with Crippen LogP contribution in [0.4, 0.5) is 0 Å². The highest BCUT2D eigenvalue weighted by atomic mass is 16.5. The van der Waals surface area contributed by atoms with Crippen LogP contribution in [-0.4, -0.2) is 22.8 Å². The van der Waals surface area contributed by atoms with Crippen molar-refractivity contribution in [2.45, 2.75) is 19.4 Å². The first kappa shape index (κ1) is 11.5. The van der Waals surface area contributed by atoms with Crippen molar-refractivity contribution in [1.29, 1.82) is 0 Å². The highest BCUT2D eigenvalue weighted by Gasteiger charge is 2.15. The molecule has 0 radical (unpaired) electrons. The summed E-state index contributed by atoms with van der Waals surface area (Å²) >= 11 is 0. The van der Waals surface area contributed by atoms with E-state index in [0.29, 0.717) is 17.9 Å². The van der Waals surface area contributed by atoms with Gasteiger partial charge in [0.1, 0.15) is 5.75 Å². The second-order valence-corrected chi connectivity index (χ2v) is 3.08. The Bertz CT molecular complexity index is 335. The maximum absolute atomic E-state index is 10.5. The van der Waals surface area contributed by atoms with Crippen LogP contribution in [0.3, 0.4) is 0 Å². The summed E-state index contributed by atoms with van der Waals surface area (Å²) in [4.78, 5) is 10.5. The maximum Gasteiger partial charge on any atom is 0.306 e. The molecular weight excluding hydrogens is 196 g/mol. The zero-order valence-corrected chi connectivity index (χ0v) is 8.51. The van der Waals surface area contributed by atoms with Crippen LogP contribution in [0.25, 0.3) is 0 Å². The summed E-state index contributed by atoms with van der Waals surface area (Å²) in [5.74, 6) is -0.498. The lowest BCUT2D eigenvalue weighted by atomic mass is 10.1. The highest BCUT2D eigenvalue weighted by molar-refractivity contribution is 5.67. The van der Waals surface area contributed by atoms with Gasteiger partial charge in [0.15, 0.2) is 0 Å². The van der Waals surface area contributed by atoms with Gasteiger partial charge in [-0.05, 0) is 13.0 Å². The molecule has 1 aromatic rings. The Labute approximate surface area is 88.1 Å². The lowest BCUT2D eigenvalue weighted by Gasteiger charge is -2.13. The first-order valence-corrected chi connectivity index (χ1v) is 4.76. The highest BCUT2D eigenvalue weighted by Crippen LogP contribution is 2.26. The number of hydrogen-bond donors (Lipinski definition) is 2. The summed E-state index contributed by atoms with van der Waals surface area (Å²) in [5, 5.41) is 18.2. The first-order valence-electron chi connectivity index (χ1n) is 4.76. The lowest BCUT2D eigenvalue weighted by molar-refractivity contribution is -0.139. The average molecular weight is 210 g/mol. The van der Waals surface area contributed by atoms with Gasteiger partial charge in [0.05, 0.1) is 19.1 Å². The standard InChI is InChI=1S/C11H14O4/c1-2-15-10-6-4-3-5-8(10)9(12)7-11(13)14/h3-6,9,12H,2,7H2,1H3,(H,13,14). The van der Waals surface area contributed by atoms with Crippen LogP contribution in [0.5, 0.6) is 5.75 Å². The van der Waals surface area contributed by atoms with Crippen molar-refractivity contribution in [2.24, 2.45) is 0 Å². The number of carboxylic acids is 1. The van der Waals surface area contributed by atoms with E-state index in [4.69, 9.17) is 9.84 Å². The molecule has 0 bridgehead atoms. The van der Waals surface area contributed by atoms with E-state index < -0.39 is 12.1 Å². The van der Waals surface area contributed by atoms with Gasteiger partial charge in [-0.1, -0.05) is 18.2 Å². The second kappa shape index (κ2) is 5.36. The number of carboxylic acid groups (broad SMARTS) is 1. The van der Waals surface area contributed by atoms with Crippen molar-refractivity contribution in [3.8, 4) is 5.75 Å². The van der Waals surface area contributed by atoms with Gasteiger partial charge in [-0.25, -0.2) is 0 Å². The van der Waals surface area contributed by atoms with Crippen LogP contribution in [0.2, 0.25) is 0 Å². The monoisotopic (exact) mass is 210 g/mol. The van der Waals surface area contributed by atoms with E-state index in [1.165, 1.54) is 0 Å². The van der Waals surface area contributed by atoms with Crippen molar-refractivity contribution < 1.29 is 19.7 Å². The number of aliphatic hydroxyl groups is 1. The number of aliphatic hydroxyl groups excluding tert-OH is 1. The molecule has 0 saturated carbocycles. The molecule has 0 heterocycles. The van der Waals surface area contributed by atoms with Crippen molar-refractivity contribution in [1.82, 2.24) is 0 Å². The number of aliphatic carboxylic acids is 1. The van der Waals surface area contributed by atoms with Gasteiger partial charge < -0.3 is 14.9 Å². The number of carbonyl (C=O) groups is 1. The van der Waals surface area contributed by atoms with Crippen molar-refractivity contribution in [3.63, 3.8) is 0 Å². The Hall–Kier alpha value is -1.55. The number of rotatable bonds is 5. The molecule has 0 aliphatic rings. The third-order valence-electron chi connectivity index (χ3n) is 1.95. The molecule has 82 valence electrons. The number of benzene rings is 1. The van der Waals surface area contributed by atoms with Gasteiger partial charge in [0, 0.05) is 5.56 Å². The minimum Gasteiger partial charge on any atom is -0.493 e. The Balaban J connectivity index is 2.86. The average Bonchev–Trinajstić information content (AvgIpc) is 2.18. The smallest absolute Gasteiger partial charge is 0.306 e. The van der Waals surface area contributed by atoms with Crippen LogP contribution in [0.1, 0.15) is 25.0 Å². The fourth-order valence-corrected chi connectivity index (χ4v) is 1.32. The van der Waals surface area contributed by atoms with Gasteiger partial charge in [-0.15, -0.1) is 0 Å². The molecular formula is C11H14O4. The SMILES string of the molecule is CCOc1ccccc1C(O)CC(=O)O. The molecule has 4 heteroatoms. The van der Waals surface area contributed by atoms with Crippen molar-refractivity contribution in [3.05, 3.63) is 29.8 Å². The molecule has 1 unspecified atom stereocenters. The number of ether oxygens (including phenoxy) is 1. The lowest BCUT2D eigenvalue weighted by Crippen LogP contribution is -2.07. The molecule has 4 nitrogen and oxygen atoms in total. The fraction of sp³-hybridized carbons (Fsp3) is 0.364. The molecule has 0 aliphatic carbocycles. The van der Waals surface area contributed by atoms with Gasteiger partial charge in [0.25, 0.3) is 0 Å². The van der Waals surface area contributed by atoms with Gasteiger partial charge in [0.2, 0.25) is 0 Å². The van der Waals surface area contributed by atoms with Crippen LogP contribution < -0.4 is 4.74 Å². The van der Waals surface area contributed by atoms with Crippen LogP contribution >= 0.6 is 0 Å². The molecule has 0 fully saturated rings. The van der Waals surface area contributed by atoms with Gasteiger partial charge in [-0.3, -0.25) is 4.79 Å². The molecule has 1 aromatic carbocycles. The fourth-order valence-electron chi connectivity index (χ4n) is 1.32. The summed E-state index contributed by atoms with van der Waals surface area (Å²) in [5.41, 5.74) is 0.516.